The van der Waals surface area contributed by atoms with Gasteiger partial charge in [0.25, 0.3) is 5.91 Å². The van der Waals surface area contributed by atoms with Crippen LogP contribution in [0.5, 0.6) is 0 Å². The zero-order valence-electron chi connectivity index (χ0n) is 15.2. The van der Waals surface area contributed by atoms with Crippen LogP contribution in [0.4, 0.5) is 5.69 Å². The molecule has 5 rings (SSSR count). The van der Waals surface area contributed by atoms with Crippen LogP contribution in [0.15, 0.2) is 24.3 Å². The summed E-state index contributed by atoms with van der Waals surface area (Å²) in [6.07, 6.45) is 5.46. The molecule has 2 amide bonds. The van der Waals surface area contributed by atoms with Crippen molar-refractivity contribution < 1.29 is 14.3 Å². The van der Waals surface area contributed by atoms with Crippen LogP contribution in [-0.4, -0.2) is 49.1 Å². The number of nitrogens with zero attached hydrogens (tertiary/aromatic N) is 2. The molecule has 3 heterocycles. The van der Waals surface area contributed by atoms with Gasteiger partial charge in [-0.25, -0.2) is 0 Å². The molecule has 0 aromatic heterocycles. The molecule has 5 heteroatoms. The molecule has 0 unspecified atom stereocenters. The zero-order chi connectivity index (χ0) is 17.7. The molecule has 3 fully saturated rings. The smallest absolute Gasteiger partial charge is 0.251 e. The fourth-order valence-electron chi connectivity index (χ4n) is 4.90. The van der Waals surface area contributed by atoms with Crippen molar-refractivity contribution in [1.82, 2.24) is 4.90 Å². The topological polar surface area (TPSA) is 49.9 Å². The molecule has 0 N–H and O–H groups in total. The Bertz CT molecular complexity index is 729. The first-order valence-electron chi connectivity index (χ1n) is 10.0. The van der Waals surface area contributed by atoms with Crippen molar-refractivity contribution in [2.24, 2.45) is 5.92 Å². The van der Waals surface area contributed by atoms with Gasteiger partial charge >= 0.3 is 0 Å². The highest BCUT2D eigenvalue weighted by Crippen LogP contribution is 2.49. The summed E-state index contributed by atoms with van der Waals surface area (Å²) in [6.45, 7) is 2.85. The lowest BCUT2D eigenvalue weighted by atomic mass is 9.73. The minimum Gasteiger partial charge on any atom is -0.368 e. The van der Waals surface area contributed by atoms with Crippen LogP contribution in [0.1, 0.15) is 44.1 Å². The molecule has 1 aromatic rings. The van der Waals surface area contributed by atoms with E-state index in [1.807, 2.05) is 21.9 Å². The predicted molar refractivity (Wildman–Crippen MR) is 98.0 cm³/mol. The molecule has 0 bridgehead atoms. The quantitative estimate of drug-likeness (QED) is 0.838. The molecule has 2 saturated heterocycles. The second-order valence-electron chi connectivity index (χ2n) is 8.29. The van der Waals surface area contributed by atoms with Crippen molar-refractivity contribution in [2.75, 3.05) is 31.1 Å². The third-order valence-electron chi connectivity index (χ3n) is 6.64. The van der Waals surface area contributed by atoms with Gasteiger partial charge in [-0.15, -0.1) is 0 Å². The van der Waals surface area contributed by atoms with E-state index in [1.165, 1.54) is 18.4 Å². The third kappa shape index (κ3) is 2.48. The summed E-state index contributed by atoms with van der Waals surface area (Å²) in [7, 11) is 0. The number of amides is 2. The van der Waals surface area contributed by atoms with E-state index in [-0.39, 0.29) is 17.9 Å². The number of anilines is 1. The van der Waals surface area contributed by atoms with E-state index in [2.05, 4.69) is 12.1 Å². The van der Waals surface area contributed by atoms with E-state index >= 15 is 0 Å². The number of carbonyl (C=O) groups excluding carboxylic acids is 2. The number of ether oxygens (including phenoxy) is 1. The molecule has 1 atom stereocenters. The maximum absolute atomic E-state index is 13.4. The number of carbonyl (C=O) groups is 2. The number of hydrogen-bond acceptors (Lipinski definition) is 3. The largest absolute Gasteiger partial charge is 0.368 e. The third-order valence-corrected chi connectivity index (χ3v) is 6.64. The van der Waals surface area contributed by atoms with Crippen molar-refractivity contribution in [1.29, 1.82) is 0 Å². The van der Waals surface area contributed by atoms with Gasteiger partial charge < -0.3 is 14.5 Å². The summed E-state index contributed by atoms with van der Waals surface area (Å²) in [5.41, 5.74) is 1.84. The Kier molecular flexibility index (Phi) is 3.82. The van der Waals surface area contributed by atoms with Crippen LogP contribution in [0.2, 0.25) is 0 Å². The Hall–Kier alpha value is -1.88. The van der Waals surface area contributed by atoms with Crippen LogP contribution >= 0.6 is 0 Å². The van der Waals surface area contributed by atoms with Crippen LogP contribution < -0.4 is 4.90 Å². The van der Waals surface area contributed by atoms with Gasteiger partial charge in [-0.3, -0.25) is 9.59 Å². The predicted octanol–water partition coefficient (Wildman–Crippen LogP) is 2.48. The summed E-state index contributed by atoms with van der Waals surface area (Å²) in [5, 5.41) is 0. The van der Waals surface area contributed by atoms with Crippen molar-refractivity contribution in [3.05, 3.63) is 29.8 Å². The standard InChI is InChI=1S/C21H26N2O3/c24-19(18-6-3-13-26-18)22-11-9-21(10-12-22)16-4-1-2-5-17(16)23(20(21)25)14-15-7-8-15/h1-2,4-5,15,18H,3,6-14H2/t18-/m1/s1. The highest BCUT2D eigenvalue weighted by Gasteiger charge is 2.53. The van der Waals surface area contributed by atoms with Crippen molar-refractivity contribution >= 4 is 17.5 Å². The van der Waals surface area contributed by atoms with E-state index in [0.29, 0.717) is 25.6 Å². The Morgan fingerprint density at radius 3 is 2.62 bits per heavy atom. The summed E-state index contributed by atoms with van der Waals surface area (Å²) in [5.74, 6) is 1.05. The van der Waals surface area contributed by atoms with Crippen LogP contribution in [0.25, 0.3) is 0 Å². The Labute approximate surface area is 154 Å². The van der Waals surface area contributed by atoms with E-state index in [4.69, 9.17) is 4.74 Å². The number of benzene rings is 1. The number of hydrogen-bond donors (Lipinski definition) is 0. The van der Waals surface area contributed by atoms with Gasteiger partial charge in [0.1, 0.15) is 6.10 Å². The lowest BCUT2D eigenvalue weighted by Gasteiger charge is -2.39. The zero-order valence-corrected chi connectivity index (χ0v) is 15.2. The maximum Gasteiger partial charge on any atom is 0.251 e. The van der Waals surface area contributed by atoms with Crippen molar-refractivity contribution in [3.63, 3.8) is 0 Å². The highest BCUT2D eigenvalue weighted by atomic mass is 16.5. The number of para-hydroxylation sites is 1. The lowest BCUT2D eigenvalue weighted by Crippen LogP contribution is -2.52. The molecule has 26 heavy (non-hydrogen) atoms. The lowest BCUT2D eigenvalue weighted by molar-refractivity contribution is -0.144. The first-order chi connectivity index (χ1) is 12.7. The highest BCUT2D eigenvalue weighted by molar-refractivity contribution is 6.08. The van der Waals surface area contributed by atoms with Gasteiger partial charge in [-0.2, -0.15) is 0 Å². The number of likely N-dealkylation sites (tertiary alicyclic amines) is 1. The molecule has 0 radical (unpaired) electrons. The molecule has 4 aliphatic rings. The second-order valence-corrected chi connectivity index (χ2v) is 8.29. The summed E-state index contributed by atoms with van der Waals surface area (Å²) >= 11 is 0. The molecule has 1 saturated carbocycles. The van der Waals surface area contributed by atoms with Crippen LogP contribution in [-0.2, 0) is 19.7 Å². The van der Waals surface area contributed by atoms with E-state index in [9.17, 15) is 9.59 Å². The van der Waals surface area contributed by atoms with Crippen LogP contribution in [0, 0.1) is 5.92 Å². The average Bonchev–Trinajstić information content (AvgIpc) is 3.28. The van der Waals surface area contributed by atoms with Gasteiger partial charge in [0.05, 0.1) is 5.41 Å². The number of fused-ring (bicyclic) bond motifs is 2. The average molecular weight is 354 g/mol. The monoisotopic (exact) mass is 354 g/mol. The molecule has 5 nitrogen and oxygen atoms in total. The molecule has 1 aliphatic carbocycles. The van der Waals surface area contributed by atoms with Crippen LogP contribution in [0.3, 0.4) is 0 Å². The summed E-state index contributed by atoms with van der Waals surface area (Å²) < 4.78 is 5.56. The first kappa shape index (κ1) is 16.3. The van der Waals surface area contributed by atoms with Gasteiger partial charge in [0.2, 0.25) is 5.91 Å². The van der Waals surface area contributed by atoms with Gasteiger partial charge in [0, 0.05) is 31.9 Å². The van der Waals surface area contributed by atoms with Gasteiger partial charge in [-0.05, 0) is 56.1 Å². The summed E-state index contributed by atoms with van der Waals surface area (Å²) in [4.78, 5) is 30.0. The Morgan fingerprint density at radius 2 is 1.92 bits per heavy atom. The molecular formula is C21H26N2O3. The number of piperidine rings is 1. The molecule has 3 aliphatic heterocycles. The molecule has 1 aromatic carbocycles. The number of rotatable bonds is 3. The first-order valence-corrected chi connectivity index (χ1v) is 10.0. The fourth-order valence-corrected chi connectivity index (χ4v) is 4.90. The van der Waals surface area contributed by atoms with E-state index < -0.39 is 5.41 Å². The second kappa shape index (κ2) is 6.08. The minimum atomic E-state index is -0.432. The van der Waals surface area contributed by atoms with Crippen molar-refractivity contribution in [2.45, 2.75) is 50.0 Å². The van der Waals surface area contributed by atoms with E-state index in [1.54, 1.807) is 0 Å². The Balaban J connectivity index is 1.37. The molecule has 1 spiro atoms. The summed E-state index contributed by atoms with van der Waals surface area (Å²) in [6, 6.07) is 8.28. The fraction of sp³-hybridized carbons (Fsp3) is 0.619. The molecule has 138 valence electrons. The van der Waals surface area contributed by atoms with Gasteiger partial charge in [-0.1, -0.05) is 18.2 Å². The van der Waals surface area contributed by atoms with E-state index in [0.717, 1.165) is 37.9 Å². The van der Waals surface area contributed by atoms with Crippen molar-refractivity contribution in [3.8, 4) is 0 Å². The SMILES string of the molecule is O=C([C@H]1CCCO1)N1CCC2(CC1)C(=O)N(CC1CC1)c1ccccc12. The maximum atomic E-state index is 13.4. The minimum absolute atomic E-state index is 0.117. The molecular weight excluding hydrogens is 328 g/mol. The normalized spacial score (nSPS) is 27.2. The van der Waals surface area contributed by atoms with Gasteiger partial charge in [0.15, 0.2) is 0 Å². The Morgan fingerprint density at radius 1 is 1.15 bits per heavy atom.